The summed E-state index contributed by atoms with van der Waals surface area (Å²) in [6.07, 6.45) is -2.69. The summed E-state index contributed by atoms with van der Waals surface area (Å²) in [5.41, 5.74) is 9.86. The number of nitrogen functional groups attached to an aromatic ring is 1. The number of pyridine rings is 1. The van der Waals surface area contributed by atoms with Crippen LogP contribution in [0.2, 0.25) is 0 Å². The quantitative estimate of drug-likeness (QED) is 0.749. The first-order valence-electron chi connectivity index (χ1n) is 3.78. The van der Waals surface area contributed by atoms with Crippen molar-refractivity contribution in [2.45, 2.75) is 13.3 Å². The summed E-state index contributed by atoms with van der Waals surface area (Å²) < 4.78 is 24.7. The molecule has 0 aromatic carbocycles. The van der Waals surface area contributed by atoms with Crippen LogP contribution in [0.1, 0.15) is 28.0 Å². The number of anilines is 1. The van der Waals surface area contributed by atoms with E-state index < -0.39 is 12.3 Å². The van der Waals surface area contributed by atoms with Gasteiger partial charge >= 0.3 is 0 Å². The molecule has 0 saturated heterocycles. The lowest BCUT2D eigenvalue weighted by molar-refractivity contribution is 0.100. The van der Waals surface area contributed by atoms with E-state index in [0.717, 1.165) is 6.07 Å². The number of amides is 1. The van der Waals surface area contributed by atoms with E-state index in [-0.39, 0.29) is 22.6 Å². The molecule has 4 nitrogen and oxygen atoms in total. The number of aryl methyl sites for hydroxylation is 1. The van der Waals surface area contributed by atoms with Crippen LogP contribution in [0.15, 0.2) is 6.07 Å². The smallest absolute Gasteiger partial charge is 0.265 e. The standard InChI is InChI=1S/C8H9F2N3O/c1-3-4(6(9)10)2-5(8(12)14)7(11)13-3/h2,6H,1H3,(H2,11,13)(H2,12,14). The van der Waals surface area contributed by atoms with Gasteiger partial charge in [0.15, 0.2) is 0 Å². The number of nitrogens with zero attached hydrogens (tertiary/aromatic N) is 1. The van der Waals surface area contributed by atoms with Crippen molar-refractivity contribution in [1.82, 2.24) is 4.98 Å². The number of halogens is 2. The largest absolute Gasteiger partial charge is 0.383 e. The van der Waals surface area contributed by atoms with Crippen molar-refractivity contribution in [3.8, 4) is 0 Å². The summed E-state index contributed by atoms with van der Waals surface area (Å²) in [4.78, 5) is 14.4. The van der Waals surface area contributed by atoms with Gasteiger partial charge in [-0.1, -0.05) is 0 Å². The van der Waals surface area contributed by atoms with Gasteiger partial charge in [0.2, 0.25) is 0 Å². The summed E-state index contributed by atoms with van der Waals surface area (Å²) >= 11 is 0. The second kappa shape index (κ2) is 3.57. The SMILES string of the molecule is Cc1nc(N)c(C(N)=O)cc1C(F)F. The highest BCUT2D eigenvalue weighted by Gasteiger charge is 2.16. The zero-order chi connectivity index (χ0) is 10.9. The van der Waals surface area contributed by atoms with Crippen molar-refractivity contribution >= 4 is 11.7 Å². The predicted molar refractivity (Wildman–Crippen MR) is 46.9 cm³/mol. The fourth-order valence-electron chi connectivity index (χ4n) is 1.06. The van der Waals surface area contributed by atoms with Gasteiger partial charge in [-0.25, -0.2) is 13.8 Å². The van der Waals surface area contributed by atoms with Gasteiger partial charge in [0, 0.05) is 11.3 Å². The second-order valence-electron chi connectivity index (χ2n) is 2.76. The zero-order valence-corrected chi connectivity index (χ0v) is 7.42. The average Bonchev–Trinajstić information content (AvgIpc) is 2.02. The number of alkyl halides is 2. The number of aromatic nitrogens is 1. The maximum Gasteiger partial charge on any atom is 0.265 e. The molecular formula is C8H9F2N3O. The Balaban J connectivity index is 3.34. The first kappa shape index (κ1) is 10.4. The van der Waals surface area contributed by atoms with E-state index in [1.807, 2.05) is 0 Å². The minimum absolute atomic E-state index is 0.0995. The van der Waals surface area contributed by atoms with E-state index in [9.17, 15) is 13.6 Å². The first-order valence-corrected chi connectivity index (χ1v) is 3.78. The minimum Gasteiger partial charge on any atom is -0.383 e. The molecule has 14 heavy (non-hydrogen) atoms. The molecule has 4 N–H and O–H groups in total. The normalized spacial score (nSPS) is 10.6. The van der Waals surface area contributed by atoms with Gasteiger partial charge in [0.1, 0.15) is 5.82 Å². The highest BCUT2D eigenvalue weighted by molar-refractivity contribution is 5.97. The van der Waals surface area contributed by atoms with Crippen LogP contribution < -0.4 is 11.5 Å². The number of carbonyl (C=O) groups is 1. The Kier molecular flexibility index (Phi) is 2.64. The molecule has 1 amide bonds. The Morgan fingerprint density at radius 3 is 2.57 bits per heavy atom. The van der Waals surface area contributed by atoms with E-state index in [0.29, 0.717) is 0 Å². The molecule has 1 rings (SSSR count). The lowest BCUT2D eigenvalue weighted by atomic mass is 10.1. The predicted octanol–water partition coefficient (Wildman–Crippen LogP) is 1.01. The molecule has 76 valence electrons. The zero-order valence-electron chi connectivity index (χ0n) is 7.42. The summed E-state index contributed by atoms with van der Waals surface area (Å²) in [5, 5.41) is 0. The highest BCUT2D eigenvalue weighted by Crippen LogP contribution is 2.24. The van der Waals surface area contributed by atoms with Crippen LogP contribution in [-0.4, -0.2) is 10.9 Å². The topological polar surface area (TPSA) is 82.0 Å². The molecule has 0 aliphatic heterocycles. The Bertz CT molecular complexity index is 379. The van der Waals surface area contributed by atoms with Crippen LogP contribution in [0.3, 0.4) is 0 Å². The Labute approximate surface area is 78.9 Å². The van der Waals surface area contributed by atoms with Gasteiger partial charge < -0.3 is 11.5 Å². The third kappa shape index (κ3) is 1.78. The van der Waals surface area contributed by atoms with Crippen LogP contribution >= 0.6 is 0 Å². The number of primary amides is 1. The van der Waals surface area contributed by atoms with E-state index in [2.05, 4.69) is 4.98 Å². The van der Waals surface area contributed by atoms with E-state index in [4.69, 9.17) is 11.5 Å². The van der Waals surface area contributed by atoms with Gasteiger partial charge in [-0.2, -0.15) is 0 Å². The van der Waals surface area contributed by atoms with Gasteiger partial charge in [0.25, 0.3) is 12.3 Å². The first-order chi connectivity index (χ1) is 6.43. The lowest BCUT2D eigenvalue weighted by Gasteiger charge is -2.07. The van der Waals surface area contributed by atoms with Crippen molar-refractivity contribution in [2.24, 2.45) is 5.73 Å². The molecule has 1 aromatic rings. The maximum atomic E-state index is 12.4. The molecule has 0 aliphatic rings. The number of nitrogens with two attached hydrogens (primary N) is 2. The van der Waals surface area contributed by atoms with Crippen molar-refractivity contribution in [1.29, 1.82) is 0 Å². The fourth-order valence-corrected chi connectivity index (χ4v) is 1.06. The van der Waals surface area contributed by atoms with Crippen LogP contribution in [0.4, 0.5) is 14.6 Å². The summed E-state index contributed by atoms with van der Waals surface area (Å²) in [7, 11) is 0. The average molecular weight is 201 g/mol. The number of hydrogen-bond acceptors (Lipinski definition) is 3. The van der Waals surface area contributed by atoms with Gasteiger partial charge in [-0.05, 0) is 13.0 Å². The maximum absolute atomic E-state index is 12.4. The molecule has 0 aliphatic carbocycles. The molecule has 1 heterocycles. The third-order valence-corrected chi connectivity index (χ3v) is 1.78. The van der Waals surface area contributed by atoms with E-state index in [1.54, 1.807) is 0 Å². The lowest BCUT2D eigenvalue weighted by Crippen LogP contribution is -2.16. The van der Waals surface area contributed by atoms with Crippen molar-refractivity contribution in [3.05, 3.63) is 22.9 Å². The number of rotatable bonds is 2. The number of hydrogen-bond donors (Lipinski definition) is 2. The molecule has 6 heteroatoms. The minimum atomic E-state index is -2.69. The van der Waals surface area contributed by atoms with Gasteiger partial charge in [0.05, 0.1) is 5.56 Å². The second-order valence-corrected chi connectivity index (χ2v) is 2.76. The highest BCUT2D eigenvalue weighted by atomic mass is 19.3. The van der Waals surface area contributed by atoms with Crippen LogP contribution in [-0.2, 0) is 0 Å². The molecular weight excluding hydrogens is 192 g/mol. The molecule has 0 atom stereocenters. The van der Waals surface area contributed by atoms with Gasteiger partial charge in [-0.3, -0.25) is 4.79 Å². The van der Waals surface area contributed by atoms with Crippen LogP contribution in [0.25, 0.3) is 0 Å². The Morgan fingerprint density at radius 1 is 1.57 bits per heavy atom. The molecule has 1 aromatic heterocycles. The van der Waals surface area contributed by atoms with Crippen LogP contribution in [0.5, 0.6) is 0 Å². The van der Waals surface area contributed by atoms with E-state index in [1.165, 1.54) is 6.92 Å². The molecule has 0 radical (unpaired) electrons. The van der Waals surface area contributed by atoms with Crippen molar-refractivity contribution in [3.63, 3.8) is 0 Å². The van der Waals surface area contributed by atoms with Crippen molar-refractivity contribution < 1.29 is 13.6 Å². The van der Waals surface area contributed by atoms with E-state index >= 15 is 0 Å². The molecule has 0 bridgehead atoms. The molecule has 0 saturated carbocycles. The molecule has 0 fully saturated rings. The summed E-state index contributed by atoms with van der Waals surface area (Å²) in [5.74, 6) is -0.990. The monoisotopic (exact) mass is 201 g/mol. The van der Waals surface area contributed by atoms with Crippen molar-refractivity contribution in [2.75, 3.05) is 5.73 Å². The molecule has 0 spiro atoms. The number of carbonyl (C=O) groups excluding carboxylic acids is 1. The fraction of sp³-hybridized carbons (Fsp3) is 0.250. The van der Waals surface area contributed by atoms with Crippen LogP contribution in [0, 0.1) is 6.92 Å². The molecule has 0 unspecified atom stereocenters. The third-order valence-electron chi connectivity index (χ3n) is 1.78. The van der Waals surface area contributed by atoms with Gasteiger partial charge in [-0.15, -0.1) is 0 Å². The summed E-state index contributed by atoms with van der Waals surface area (Å²) in [6, 6.07) is 0.977. The Hall–Kier alpha value is -1.72. The Morgan fingerprint density at radius 2 is 2.14 bits per heavy atom. The summed E-state index contributed by atoms with van der Waals surface area (Å²) in [6.45, 7) is 1.39.